The Labute approximate surface area is 111 Å². The molecule has 1 aromatic carbocycles. The van der Waals surface area contributed by atoms with E-state index in [9.17, 15) is 18.0 Å². The highest BCUT2D eigenvalue weighted by atomic mass is 32.2. The molecule has 7 heteroatoms. The second-order valence-electron chi connectivity index (χ2n) is 4.05. The third kappa shape index (κ3) is 3.78. The van der Waals surface area contributed by atoms with Gasteiger partial charge in [-0.3, -0.25) is 9.59 Å². The highest BCUT2D eigenvalue weighted by Gasteiger charge is 2.18. The second kappa shape index (κ2) is 5.83. The van der Waals surface area contributed by atoms with Gasteiger partial charge in [-0.2, -0.15) is 0 Å². The third-order valence-corrected chi connectivity index (χ3v) is 4.49. The van der Waals surface area contributed by atoms with E-state index in [0.717, 1.165) is 0 Å². The number of hydrogen-bond donors (Lipinski definition) is 2. The standard InChI is InChI=1S/C12H16N2O4S/c1-2-19(17,18)7-6-8-4-3-5-9(11(13)15)10(8)12(14)16/h3-5H,2,6-7H2,1H3,(H2,13,15)(H2,14,16). The molecule has 19 heavy (non-hydrogen) atoms. The quantitative estimate of drug-likeness (QED) is 0.755. The summed E-state index contributed by atoms with van der Waals surface area (Å²) in [6.07, 6.45) is 0.121. The van der Waals surface area contributed by atoms with Gasteiger partial charge < -0.3 is 11.5 Å². The molecule has 1 aromatic rings. The number of amides is 2. The first-order valence-corrected chi connectivity index (χ1v) is 7.52. The fourth-order valence-electron chi connectivity index (χ4n) is 1.71. The van der Waals surface area contributed by atoms with Gasteiger partial charge in [0.05, 0.1) is 16.9 Å². The largest absolute Gasteiger partial charge is 0.366 e. The van der Waals surface area contributed by atoms with Crippen molar-refractivity contribution in [3.63, 3.8) is 0 Å². The Balaban J connectivity index is 3.18. The molecule has 0 aliphatic rings. The number of benzene rings is 1. The van der Waals surface area contributed by atoms with Gasteiger partial charge in [-0.25, -0.2) is 8.42 Å². The van der Waals surface area contributed by atoms with Crippen LogP contribution in [0.4, 0.5) is 0 Å². The normalized spacial score (nSPS) is 11.2. The number of rotatable bonds is 6. The number of nitrogens with two attached hydrogens (primary N) is 2. The minimum Gasteiger partial charge on any atom is -0.366 e. The number of aryl methyl sites for hydroxylation is 1. The minimum absolute atomic E-state index is 0.00121. The van der Waals surface area contributed by atoms with Gasteiger partial charge in [0.15, 0.2) is 0 Å². The number of hydrogen-bond acceptors (Lipinski definition) is 4. The van der Waals surface area contributed by atoms with Crippen molar-refractivity contribution in [1.29, 1.82) is 0 Å². The maximum atomic E-state index is 11.5. The Morgan fingerprint density at radius 1 is 1.16 bits per heavy atom. The molecule has 104 valence electrons. The van der Waals surface area contributed by atoms with Crippen molar-refractivity contribution in [2.45, 2.75) is 13.3 Å². The molecule has 0 aromatic heterocycles. The van der Waals surface area contributed by atoms with Crippen molar-refractivity contribution in [2.75, 3.05) is 11.5 Å². The van der Waals surface area contributed by atoms with Crippen LogP contribution in [0, 0.1) is 0 Å². The van der Waals surface area contributed by atoms with Gasteiger partial charge in [0, 0.05) is 5.75 Å². The summed E-state index contributed by atoms with van der Waals surface area (Å²) in [7, 11) is -3.16. The first-order chi connectivity index (χ1) is 8.78. The van der Waals surface area contributed by atoms with Gasteiger partial charge in [-0.15, -0.1) is 0 Å². The molecule has 0 fully saturated rings. The summed E-state index contributed by atoms with van der Waals surface area (Å²) >= 11 is 0. The Hall–Kier alpha value is -1.89. The topological polar surface area (TPSA) is 120 Å². The fraction of sp³-hybridized carbons (Fsp3) is 0.333. The van der Waals surface area contributed by atoms with Crippen LogP contribution >= 0.6 is 0 Å². The molecule has 0 saturated heterocycles. The minimum atomic E-state index is -3.16. The lowest BCUT2D eigenvalue weighted by Crippen LogP contribution is -2.23. The van der Waals surface area contributed by atoms with Gasteiger partial charge in [-0.05, 0) is 18.1 Å². The van der Waals surface area contributed by atoms with E-state index in [-0.39, 0.29) is 29.1 Å². The van der Waals surface area contributed by atoms with E-state index in [1.807, 2.05) is 0 Å². The van der Waals surface area contributed by atoms with E-state index < -0.39 is 21.7 Å². The van der Waals surface area contributed by atoms with Crippen LogP contribution in [0.15, 0.2) is 18.2 Å². The molecular weight excluding hydrogens is 268 g/mol. The smallest absolute Gasteiger partial charge is 0.249 e. The van der Waals surface area contributed by atoms with Crippen LogP contribution in [0.3, 0.4) is 0 Å². The maximum absolute atomic E-state index is 11.5. The number of primary amides is 2. The van der Waals surface area contributed by atoms with E-state index in [0.29, 0.717) is 5.56 Å². The number of sulfone groups is 1. The predicted molar refractivity (Wildman–Crippen MR) is 71.5 cm³/mol. The zero-order valence-corrected chi connectivity index (χ0v) is 11.4. The van der Waals surface area contributed by atoms with Crippen molar-refractivity contribution in [3.05, 3.63) is 34.9 Å². The Kier molecular flexibility index (Phi) is 4.66. The molecule has 0 bridgehead atoms. The highest BCUT2D eigenvalue weighted by molar-refractivity contribution is 7.91. The zero-order valence-electron chi connectivity index (χ0n) is 10.5. The molecule has 6 nitrogen and oxygen atoms in total. The molecule has 0 heterocycles. The molecule has 2 amide bonds. The molecular formula is C12H16N2O4S. The van der Waals surface area contributed by atoms with E-state index in [1.165, 1.54) is 6.07 Å². The van der Waals surface area contributed by atoms with E-state index in [1.54, 1.807) is 19.1 Å². The molecule has 0 spiro atoms. The summed E-state index contributed by atoms with van der Waals surface area (Å²) in [4.78, 5) is 22.6. The highest BCUT2D eigenvalue weighted by Crippen LogP contribution is 2.15. The molecule has 4 N–H and O–H groups in total. The van der Waals surface area contributed by atoms with E-state index in [4.69, 9.17) is 11.5 Å². The fourth-order valence-corrected chi connectivity index (χ4v) is 2.53. The van der Waals surface area contributed by atoms with E-state index >= 15 is 0 Å². The average molecular weight is 284 g/mol. The Bertz CT molecular complexity index is 608. The second-order valence-corrected chi connectivity index (χ2v) is 6.53. The zero-order chi connectivity index (χ0) is 14.6. The van der Waals surface area contributed by atoms with Gasteiger partial charge in [-0.1, -0.05) is 19.1 Å². The van der Waals surface area contributed by atoms with Crippen molar-refractivity contribution in [1.82, 2.24) is 0 Å². The van der Waals surface area contributed by atoms with Crippen molar-refractivity contribution in [3.8, 4) is 0 Å². The monoisotopic (exact) mass is 284 g/mol. The van der Waals surface area contributed by atoms with Gasteiger partial charge >= 0.3 is 0 Å². The summed E-state index contributed by atoms with van der Waals surface area (Å²) in [6, 6.07) is 4.50. The van der Waals surface area contributed by atoms with Crippen LogP contribution in [0.5, 0.6) is 0 Å². The number of carbonyl (C=O) groups is 2. The summed E-state index contributed by atoms with van der Waals surface area (Å²) < 4.78 is 22.9. The molecule has 0 radical (unpaired) electrons. The molecule has 0 saturated carbocycles. The van der Waals surface area contributed by atoms with Crippen molar-refractivity contribution in [2.24, 2.45) is 11.5 Å². The van der Waals surface area contributed by atoms with Crippen molar-refractivity contribution < 1.29 is 18.0 Å². The summed E-state index contributed by atoms with van der Waals surface area (Å²) in [5, 5.41) is 0. The SMILES string of the molecule is CCS(=O)(=O)CCc1cccc(C(N)=O)c1C(N)=O. The Morgan fingerprint density at radius 3 is 2.26 bits per heavy atom. The third-order valence-electron chi connectivity index (χ3n) is 2.78. The summed E-state index contributed by atoms with van der Waals surface area (Å²) in [5.74, 6) is -1.65. The summed E-state index contributed by atoms with van der Waals surface area (Å²) in [5.41, 5.74) is 10.8. The van der Waals surface area contributed by atoms with Crippen LogP contribution in [-0.4, -0.2) is 31.7 Å². The lowest BCUT2D eigenvalue weighted by atomic mass is 9.98. The predicted octanol–water partition coefficient (Wildman–Crippen LogP) is -0.138. The molecule has 0 atom stereocenters. The Morgan fingerprint density at radius 2 is 1.79 bits per heavy atom. The van der Waals surface area contributed by atoms with Gasteiger partial charge in [0.2, 0.25) is 11.8 Å². The maximum Gasteiger partial charge on any atom is 0.249 e. The molecule has 0 aliphatic carbocycles. The van der Waals surface area contributed by atoms with Crippen LogP contribution in [-0.2, 0) is 16.3 Å². The lowest BCUT2D eigenvalue weighted by molar-refractivity contribution is 0.0966. The van der Waals surface area contributed by atoms with Crippen molar-refractivity contribution >= 4 is 21.7 Å². The number of carbonyl (C=O) groups excluding carboxylic acids is 2. The van der Waals surface area contributed by atoms with Crippen LogP contribution in [0.2, 0.25) is 0 Å². The molecule has 1 rings (SSSR count). The van der Waals surface area contributed by atoms with Gasteiger partial charge in [0.1, 0.15) is 9.84 Å². The lowest BCUT2D eigenvalue weighted by Gasteiger charge is -2.10. The average Bonchev–Trinajstić information content (AvgIpc) is 2.35. The molecule has 0 unspecified atom stereocenters. The van der Waals surface area contributed by atoms with E-state index in [2.05, 4.69) is 0 Å². The molecule has 0 aliphatic heterocycles. The van der Waals surface area contributed by atoms with Crippen LogP contribution in [0.1, 0.15) is 33.2 Å². The first-order valence-electron chi connectivity index (χ1n) is 5.70. The summed E-state index contributed by atoms with van der Waals surface area (Å²) in [6.45, 7) is 1.55. The van der Waals surface area contributed by atoms with Crippen LogP contribution in [0.25, 0.3) is 0 Å². The van der Waals surface area contributed by atoms with Crippen LogP contribution < -0.4 is 11.5 Å². The first kappa shape index (κ1) is 15.2. The van der Waals surface area contributed by atoms with Gasteiger partial charge in [0.25, 0.3) is 0 Å².